The third-order valence-corrected chi connectivity index (χ3v) is 6.94. The van der Waals surface area contributed by atoms with Crippen LogP contribution in [0.3, 0.4) is 0 Å². The van der Waals surface area contributed by atoms with Crippen molar-refractivity contribution in [3.8, 4) is 0 Å². The van der Waals surface area contributed by atoms with Crippen LogP contribution in [0, 0.1) is 11.8 Å². The Hall–Kier alpha value is -1.58. The number of morpholine rings is 1. The smallest absolute Gasteiger partial charge is 0.379 e. The molecule has 0 bridgehead atoms. The van der Waals surface area contributed by atoms with Crippen molar-refractivity contribution in [2.24, 2.45) is 21.8 Å². The molecule has 0 aromatic heterocycles. The maximum atomic E-state index is 12.9. The van der Waals surface area contributed by atoms with Crippen LogP contribution in [0.1, 0.15) is 25.7 Å². The van der Waals surface area contributed by atoms with E-state index >= 15 is 0 Å². The number of nitrogens with zero attached hydrogens (tertiary/aromatic N) is 5. The molecule has 1 saturated heterocycles. The molecule has 0 aromatic rings. The molecule has 8 nitrogen and oxygen atoms in total. The monoisotopic (exact) mass is 406 g/mol. The maximum Gasteiger partial charge on any atom is 0.445 e. The molecule has 28 heavy (non-hydrogen) atoms. The van der Waals surface area contributed by atoms with Crippen LogP contribution < -0.4 is 0 Å². The number of ether oxygens (including phenoxy) is 1. The second kappa shape index (κ2) is 8.42. The predicted octanol–water partition coefficient (Wildman–Crippen LogP) is 1.30. The van der Waals surface area contributed by atoms with Crippen molar-refractivity contribution in [3.05, 3.63) is 0 Å². The summed E-state index contributed by atoms with van der Waals surface area (Å²) in [5.41, 5.74) is 0. The van der Waals surface area contributed by atoms with Gasteiger partial charge in [0.05, 0.1) is 27.3 Å². The molecule has 1 aliphatic carbocycles. The van der Waals surface area contributed by atoms with Gasteiger partial charge in [0, 0.05) is 31.3 Å². The summed E-state index contributed by atoms with van der Waals surface area (Å²) in [6, 6.07) is -0.328. The van der Waals surface area contributed by atoms with E-state index in [1.165, 1.54) is 29.4 Å². The number of hydrogen-bond donors (Lipinski definition) is 0. The molecular formula is C19H28N5O3S+. The van der Waals surface area contributed by atoms with Crippen molar-refractivity contribution in [2.75, 3.05) is 52.7 Å². The average molecular weight is 407 g/mol. The summed E-state index contributed by atoms with van der Waals surface area (Å²) >= 11 is 1.63. The van der Waals surface area contributed by atoms with Crippen LogP contribution in [0.2, 0.25) is 0 Å². The van der Waals surface area contributed by atoms with E-state index in [0.29, 0.717) is 11.8 Å². The Bertz CT molecular complexity index is 751. The number of fused-ring (bicyclic) bond motifs is 1. The van der Waals surface area contributed by atoms with Gasteiger partial charge >= 0.3 is 11.9 Å². The molecule has 3 heterocycles. The fourth-order valence-corrected chi connectivity index (χ4v) is 5.27. The Labute approximate surface area is 169 Å². The summed E-state index contributed by atoms with van der Waals surface area (Å²) in [5, 5.41) is 0.788. The summed E-state index contributed by atoms with van der Waals surface area (Å²) in [6.07, 6.45) is 4.54. The second-order valence-electron chi connectivity index (χ2n) is 7.73. The zero-order chi connectivity index (χ0) is 19.7. The van der Waals surface area contributed by atoms with E-state index in [2.05, 4.69) is 4.90 Å². The lowest BCUT2D eigenvalue weighted by molar-refractivity contribution is -0.407. The van der Waals surface area contributed by atoms with Gasteiger partial charge in [0.2, 0.25) is 5.84 Å². The van der Waals surface area contributed by atoms with E-state index in [9.17, 15) is 9.59 Å². The zero-order valence-electron chi connectivity index (χ0n) is 16.6. The summed E-state index contributed by atoms with van der Waals surface area (Å²) in [5.74, 6) is 1.74. The van der Waals surface area contributed by atoms with Crippen molar-refractivity contribution in [1.82, 2.24) is 9.80 Å². The topological polar surface area (TPSA) is 77.6 Å². The Morgan fingerprint density at radius 1 is 1.18 bits per heavy atom. The van der Waals surface area contributed by atoms with Gasteiger partial charge in [-0.15, -0.1) is 11.8 Å². The van der Waals surface area contributed by atoms with Gasteiger partial charge in [0.1, 0.15) is 5.04 Å². The van der Waals surface area contributed by atoms with Gasteiger partial charge in [-0.1, -0.05) is 17.8 Å². The van der Waals surface area contributed by atoms with Gasteiger partial charge in [-0.05, 0) is 12.8 Å². The number of aliphatic imine (C=N–C) groups is 2. The van der Waals surface area contributed by atoms with Gasteiger partial charge in [-0.3, -0.25) is 9.69 Å². The Morgan fingerprint density at radius 2 is 1.89 bits per heavy atom. The Morgan fingerprint density at radius 3 is 2.61 bits per heavy atom. The number of carbonyl (C=O) groups is 2. The average Bonchev–Trinajstić information content (AvgIpc) is 3.26. The molecule has 0 radical (unpaired) electrons. The van der Waals surface area contributed by atoms with E-state index in [0.717, 1.165) is 62.3 Å². The van der Waals surface area contributed by atoms with E-state index in [-0.39, 0.29) is 11.9 Å². The molecule has 1 atom stereocenters. The first kappa shape index (κ1) is 19.7. The third kappa shape index (κ3) is 3.79. The van der Waals surface area contributed by atoms with E-state index in [1.807, 2.05) is 0 Å². The molecule has 4 rings (SSSR count). The first-order chi connectivity index (χ1) is 13.6. The van der Waals surface area contributed by atoms with Crippen LogP contribution in [-0.2, 0) is 9.53 Å². The number of thioether (sulfide) groups is 1. The lowest BCUT2D eigenvalue weighted by Gasteiger charge is -2.28. The van der Waals surface area contributed by atoms with Gasteiger partial charge in [-0.25, -0.2) is 9.79 Å². The molecule has 3 aliphatic heterocycles. The third-order valence-electron chi connectivity index (χ3n) is 5.94. The standard InChI is InChI=1S/C19H28N5O3S/c1-22-16-14(18(25)23(2)19(22)26)17(21-15(20-16)13-5-3-4-6-13)28-12-9-24-7-10-27-11-8-24/h13-14H,3-12H2,1-2H3/q+1. The van der Waals surface area contributed by atoms with Gasteiger partial charge < -0.3 is 4.74 Å². The Kier molecular flexibility index (Phi) is 5.93. The van der Waals surface area contributed by atoms with E-state index < -0.39 is 5.92 Å². The highest BCUT2D eigenvalue weighted by Crippen LogP contribution is 2.32. The van der Waals surface area contributed by atoms with Gasteiger partial charge in [0.25, 0.3) is 5.84 Å². The number of rotatable bonds is 4. The van der Waals surface area contributed by atoms with Crippen molar-refractivity contribution >= 4 is 40.4 Å². The quantitative estimate of drug-likeness (QED) is 0.658. The summed E-state index contributed by atoms with van der Waals surface area (Å²) < 4.78 is 6.92. The fraction of sp³-hybridized carbons (Fsp3) is 0.737. The van der Waals surface area contributed by atoms with Crippen LogP contribution in [-0.4, -0.2) is 95.7 Å². The van der Waals surface area contributed by atoms with Crippen LogP contribution in [0.4, 0.5) is 4.79 Å². The Balaban J connectivity index is 1.57. The lowest BCUT2D eigenvalue weighted by Crippen LogP contribution is -2.55. The normalized spacial score (nSPS) is 27.2. The van der Waals surface area contributed by atoms with Crippen LogP contribution in [0.25, 0.3) is 0 Å². The molecule has 1 unspecified atom stereocenters. The van der Waals surface area contributed by atoms with Crippen molar-refractivity contribution < 1.29 is 18.9 Å². The molecule has 0 aromatic carbocycles. The number of amidine groups is 2. The van der Waals surface area contributed by atoms with Crippen molar-refractivity contribution in [3.63, 3.8) is 0 Å². The molecular weight excluding hydrogens is 378 g/mol. The number of hydrogen-bond acceptors (Lipinski definition) is 7. The van der Waals surface area contributed by atoms with Gasteiger partial charge in [-0.2, -0.15) is 9.48 Å². The van der Waals surface area contributed by atoms with E-state index in [1.54, 1.807) is 18.8 Å². The molecule has 152 valence electrons. The molecule has 3 amide bonds. The van der Waals surface area contributed by atoms with Crippen LogP contribution >= 0.6 is 11.8 Å². The molecule has 4 aliphatic rings. The highest BCUT2D eigenvalue weighted by molar-refractivity contribution is 8.14. The lowest BCUT2D eigenvalue weighted by atomic mass is 10.0. The second-order valence-corrected chi connectivity index (χ2v) is 8.85. The molecule has 2 fully saturated rings. The molecule has 0 N–H and O–H groups in total. The van der Waals surface area contributed by atoms with Gasteiger partial charge in [0.15, 0.2) is 5.92 Å². The minimum absolute atomic E-state index is 0.232. The first-order valence-corrected chi connectivity index (χ1v) is 11.1. The predicted molar refractivity (Wildman–Crippen MR) is 109 cm³/mol. The minimum atomic E-state index is -0.562. The summed E-state index contributed by atoms with van der Waals surface area (Å²) in [6.45, 7) is 4.38. The highest BCUT2D eigenvalue weighted by Gasteiger charge is 2.49. The molecule has 1 saturated carbocycles. The number of urea groups is 1. The maximum absolute atomic E-state index is 12.9. The fourth-order valence-electron chi connectivity index (χ4n) is 4.18. The minimum Gasteiger partial charge on any atom is -0.379 e. The van der Waals surface area contributed by atoms with Crippen molar-refractivity contribution in [1.29, 1.82) is 0 Å². The number of carbonyl (C=O) groups excluding carboxylic acids is 2. The highest BCUT2D eigenvalue weighted by atomic mass is 32.2. The summed E-state index contributed by atoms with van der Waals surface area (Å²) in [4.78, 5) is 38.4. The van der Waals surface area contributed by atoms with Crippen LogP contribution in [0.15, 0.2) is 9.98 Å². The van der Waals surface area contributed by atoms with E-state index in [4.69, 9.17) is 14.7 Å². The zero-order valence-corrected chi connectivity index (χ0v) is 17.4. The van der Waals surface area contributed by atoms with Crippen LogP contribution in [0.5, 0.6) is 0 Å². The SMILES string of the molecule is CN1C(=O)C2C(SCCN3CCOCC3)=NC(C3CCCC3)=NC2=[N+](C)C1=O. The first-order valence-electron chi connectivity index (χ1n) is 10.1. The number of imide groups is 1. The molecule has 9 heteroatoms. The number of amides is 3. The molecule has 0 spiro atoms. The summed E-state index contributed by atoms with van der Waals surface area (Å²) in [7, 11) is 3.23. The largest absolute Gasteiger partial charge is 0.445 e. The van der Waals surface area contributed by atoms with Crippen molar-refractivity contribution in [2.45, 2.75) is 25.7 Å².